The van der Waals surface area contributed by atoms with Crippen molar-refractivity contribution in [1.29, 1.82) is 0 Å². The molecule has 0 spiro atoms. The smallest absolute Gasteiger partial charge is 0.275 e. The van der Waals surface area contributed by atoms with Crippen molar-refractivity contribution >= 4 is 34.5 Å². The predicted molar refractivity (Wildman–Crippen MR) is 108 cm³/mol. The number of halogens is 1. The number of nitrogens with one attached hydrogen (secondary N) is 1. The van der Waals surface area contributed by atoms with Gasteiger partial charge in [0.25, 0.3) is 5.91 Å². The number of anilines is 1. The van der Waals surface area contributed by atoms with Gasteiger partial charge < -0.3 is 5.32 Å². The molecule has 0 bridgehead atoms. The number of carbonyl (C=O) groups excluding carboxylic acids is 1. The minimum atomic E-state index is -0.310. The topological polar surface area (TPSA) is 67.8 Å². The number of hydrogen-bond acceptors (Lipinski definition) is 5. The lowest BCUT2D eigenvalue weighted by Gasteiger charge is -2.06. The maximum atomic E-state index is 12.2. The Morgan fingerprint density at radius 3 is 2.78 bits per heavy atom. The Kier molecular flexibility index (Phi) is 4.91. The van der Waals surface area contributed by atoms with Gasteiger partial charge in [-0.25, -0.2) is 9.97 Å². The van der Waals surface area contributed by atoms with Crippen molar-refractivity contribution < 1.29 is 4.79 Å². The fourth-order valence-electron chi connectivity index (χ4n) is 2.53. The second kappa shape index (κ2) is 7.65. The van der Waals surface area contributed by atoms with Crippen LogP contribution < -0.4 is 5.32 Å². The van der Waals surface area contributed by atoms with Gasteiger partial charge in [-0.3, -0.25) is 9.78 Å². The molecule has 4 rings (SSSR count). The van der Waals surface area contributed by atoms with E-state index < -0.39 is 0 Å². The van der Waals surface area contributed by atoms with E-state index >= 15 is 0 Å². The number of rotatable bonds is 4. The van der Waals surface area contributed by atoms with Gasteiger partial charge in [0.15, 0.2) is 0 Å². The van der Waals surface area contributed by atoms with Crippen LogP contribution in [-0.2, 0) is 0 Å². The number of nitrogens with zero attached hydrogens (tertiary/aromatic N) is 3. The van der Waals surface area contributed by atoms with E-state index in [1.807, 2.05) is 53.9 Å². The minimum Gasteiger partial charge on any atom is -0.321 e. The van der Waals surface area contributed by atoms with Gasteiger partial charge in [0.05, 0.1) is 16.9 Å². The van der Waals surface area contributed by atoms with Crippen molar-refractivity contribution in [2.45, 2.75) is 0 Å². The molecule has 0 aliphatic rings. The number of hydrogen-bond donors (Lipinski definition) is 1. The van der Waals surface area contributed by atoms with Crippen LogP contribution in [0.5, 0.6) is 0 Å². The van der Waals surface area contributed by atoms with Crippen molar-refractivity contribution in [3.8, 4) is 21.8 Å². The summed E-state index contributed by atoms with van der Waals surface area (Å²) in [4.78, 5) is 24.8. The molecule has 1 amide bonds. The first kappa shape index (κ1) is 17.3. The molecular weight excluding hydrogens is 380 g/mol. The van der Waals surface area contributed by atoms with Crippen molar-refractivity contribution in [1.82, 2.24) is 15.0 Å². The van der Waals surface area contributed by atoms with E-state index in [-0.39, 0.29) is 11.6 Å². The maximum Gasteiger partial charge on any atom is 0.275 e. The minimum absolute atomic E-state index is 0.262. The molecule has 2 heterocycles. The Labute approximate surface area is 164 Å². The van der Waals surface area contributed by atoms with Gasteiger partial charge in [0, 0.05) is 34.6 Å². The van der Waals surface area contributed by atoms with Gasteiger partial charge in [-0.1, -0.05) is 41.9 Å². The lowest BCUT2D eigenvalue weighted by Crippen LogP contribution is -2.13. The average molecular weight is 393 g/mol. The van der Waals surface area contributed by atoms with Gasteiger partial charge in [-0.15, -0.1) is 11.3 Å². The molecule has 5 nitrogen and oxygen atoms in total. The molecule has 2 aromatic heterocycles. The molecule has 0 atom stereocenters. The standard InChI is InChI=1S/C20H13ClN4OS/c21-16-7-2-1-6-15(16)20-25-18(12-27-20)13-4-3-5-14(10-13)24-19(26)17-11-22-8-9-23-17/h1-12H,(H,24,26). The molecule has 0 radical (unpaired) electrons. The fourth-order valence-corrected chi connectivity index (χ4v) is 3.68. The molecule has 4 aromatic rings. The van der Waals surface area contributed by atoms with E-state index in [0.29, 0.717) is 10.7 Å². The summed E-state index contributed by atoms with van der Waals surface area (Å²) in [7, 11) is 0. The molecule has 132 valence electrons. The zero-order valence-electron chi connectivity index (χ0n) is 14.0. The monoisotopic (exact) mass is 392 g/mol. The summed E-state index contributed by atoms with van der Waals surface area (Å²) in [6, 6.07) is 15.1. The third-order valence-corrected chi connectivity index (χ3v) is 5.03. The Balaban J connectivity index is 1.58. The second-order valence-corrected chi connectivity index (χ2v) is 6.91. The van der Waals surface area contributed by atoms with Crippen molar-refractivity contribution in [2.24, 2.45) is 0 Å². The van der Waals surface area contributed by atoms with E-state index in [9.17, 15) is 4.79 Å². The number of thiazole rings is 1. The summed E-state index contributed by atoms with van der Waals surface area (Å²) in [5, 5.41) is 6.32. The van der Waals surface area contributed by atoms with E-state index in [2.05, 4.69) is 20.3 Å². The zero-order valence-corrected chi connectivity index (χ0v) is 15.5. The van der Waals surface area contributed by atoms with Crippen LogP contribution in [0.1, 0.15) is 10.5 Å². The fraction of sp³-hybridized carbons (Fsp3) is 0. The van der Waals surface area contributed by atoms with Crippen LogP contribution in [0.4, 0.5) is 5.69 Å². The van der Waals surface area contributed by atoms with E-state index in [0.717, 1.165) is 21.8 Å². The molecule has 0 aliphatic heterocycles. The molecule has 7 heteroatoms. The second-order valence-electron chi connectivity index (χ2n) is 5.64. The van der Waals surface area contributed by atoms with Gasteiger partial charge in [0.2, 0.25) is 0 Å². The summed E-state index contributed by atoms with van der Waals surface area (Å²) in [5.74, 6) is -0.310. The molecule has 0 aliphatic carbocycles. The summed E-state index contributed by atoms with van der Waals surface area (Å²) < 4.78 is 0. The normalized spacial score (nSPS) is 10.6. The van der Waals surface area contributed by atoms with E-state index in [1.165, 1.54) is 29.9 Å². The van der Waals surface area contributed by atoms with Crippen molar-refractivity contribution in [3.63, 3.8) is 0 Å². The highest BCUT2D eigenvalue weighted by Crippen LogP contribution is 2.33. The summed E-state index contributed by atoms with van der Waals surface area (Å²) >= 11 is 7.79. The number of amides is 1. The number of aromatic nitrogens is 3. The van der Waals surface area contributed by atoms with E-state index in [1.54, 1.807) is 0 Å². The zero-order chi connectivity index (χ0) is 18.6. The largest absolute Gasteiger partial charge is 0.321 e. The Bertz CT molecular complexity index is 1100. The molecular formula is C20H13ClN4OS. The molecule has 27 heavy (non-hydrogen) atoms. The first-order valence-corrected chi connectivity index (χ1v) is 9.35. The lowest BCUT2D eigenvalue weighted by molar-refractivity contribution is 0.102. The van der Waals surface area contributed by atoms with Crippen molar-refractivity contribution in [3.05, 3.63) is 83.2 Å². The van der Waals surface area contributed by atoms with Crippen LogP contribution in [-0.4, -0.2) is 20.9 Å². The summed E-state index contributed by atoms with van der Waals surface area (Å²) in [6.07, 6.45) is 4.43. The van der Waals surface area contributed by atoms with Gasteiger partial charge in [-0.05, 0) is 18.2 Å². The van der Waals surface area contributed by atoms with Gasteiger partial charge >= 0.3 is 0 Å². The average Bonchev–Trinajstić information content (AvgIpc) is 3.19. The summed E-state index contributed by atoms with van der Waals surface area (Å²) in [6.45, 7) is 0. The molecule has 0 saturated carbocycles. The maximum absolute atomic E-state index is 12.2. The predicted octanol–water partition coefficient (Wildman–Crippen LogP) is 5.17. The SMILES string of the molecule is O=C(Nc1cccc(-c2csc(-c3ccccc3Cl)n2)c1)c1cnccn1. The molecule has 0 saturated heterocycles. The highest BCUT2D eigenvalue weighted by atomic mass is 35.5. The van der Waals surface area contributed by atoms with Crippen LogP contribution in [0.3, 0.4) is 0 Å². The Morgan fingerprint density at radius 1 is 1.07 bits per heavy atom. The molecule has 1 N–H and O–H groups in total. The van der Waals surface area contributed by atoms with Gasteiger partial charge in [-0.2, -0.15) is 0 Å². The van der Waals surface area contributed by atoms with Crippen LogP contribution in [0.2, 0.25) is 5.02 Å². The molecule has 0 fully saturated rings. The number of carbonyl (C=O) groups is 1. The van der Waals surface area contributed by atoms with Gasteiger partial charge in [0.1, 0.15) is 10.7 Å². The Hall–Kier alpha value is -3.09. The van der Waals surface area contributed by atoms with Crippen LogP contribution in [0.25, 0.3) is 21.8 Å². The Morgan fingerprint density at radius 2 is 1.96 bits per heavy atom. The number of benzene rings is 2. The molecule has 2 aromatic carbocycles. The highest BCUT2D eigenvalue weighted by molar-refractivity contribution is 7.13. The van der Waals surface area contributed by atoms with Crippen molar-refractivity contribution in [2.75, 3.05) is 5.32 Å². The van der Waals surface area contributed by atoms with Crippen LogP contribution in [0, 0.1) is 0 Å². The lowest BCUT2D eigenvalue weighted by atomic mass is 10.1. The highest BCUT2D eigenvalue weighted by Gasteiger charge is 2.11. The first-order chi connectivity index (χ1) is 13.2. The molecule has 0 unspecified atom stereocenters. The summed E-state index contributed by atoms with van der Waals surface area (Å²) in [5.41, 5.74) is 3.56. The van der Waals surface area contributed by atoms with E-state index in [4.69, 9.17) is 11.6 Å². The third kappa shape index (κ3) is 3.86. The first-order valence-electron chi connectivity index (χ1n) is 8.09. The quantitative estimate of drug-likeness (QED) is 0.520. The van der Waals surface area contributed by atoms with Crippen LogP contribution in [0.15, 0.2) is 72.5 Å². The third-order valence-electron chi connectivity index (χ3n) is 3.82. The van der Waals surface area contributed by atoms with Crippen LogP contribution >= 0.6 is 22.9 Å².